The van der Waals surface area contributed by atoms with Gasteiger partial charge in [-0.25, -0.2) is 4.98 Å². The fourth-order valence-corrected chi connectivity index (χ4v) is 4.37. The highest BCUT2D eigenvalue weighted by Gasteiger charge is 2.13. The molecule has 0 aliphatic rings. The Labute approximate surface area is 199 Å². The van der Waals surface area contributed by atoms with Crippen LogP contribution in [0.25, 0.3) is 11.0 Å². The molecule has 0 fully saturated rings. The number of halogens is 1. The molecule has 4 rings (SSSR count). The summed E-state index contributed by atoms with van der Waals surface area (Å²) in [6.07, 6.45) is 3.23. The lowest BCUT2D eigenvalue weighted by Gasteiger charge is -2.14. The number of aromatic nitrogens is 2. The summed E-state index contributed by atoms with van der Waals surface area (Å²) in [5, 5.41) is 0. The predicted octanol–water partition coefficient (Wildman–Crippen LogP) is 7.58. The summed E-state index contributed by atoms with van der Waals surface area (Å²) >= 11 is 3.56. The zero-order valence-corrected chi connectivity index (χ0v) is 20.7. The Morgan fingerprint density at radius 1 is 0.969 bits per heavy atom. The van der Waals surface area contributed by atoms with E-state index in [4.69, 9.17) is 9.72 Å². The van der Waals surface area contributed by atoms with Crippen LogP contribution >= 0.6 is 15.9 Å². The molecule has 3 aromatic carbocycles. The minimum atomic E-state index is 0.568. The van der Waals surface area contributed by atoms with E-state index in [9.17, 15) is 0 Å². The summed E-state index contributed by atoms with van der Waals surface area (Å²) in [5.74, 6) is 2.74. The number of para-hydroxylation sites is 1. The number of fused-ring (bicyclic) bond motifs is 1. The summed E-state index contributed by atoms with van der Waals surface area (Å²) in [7, 11) is 0. The second-order valence-electron chi connectivity index (χ2n) is 8.53. The largest absolute Gasteiger partial charge is 0.489 e. The zero-order valence-electron chi connectivity index (χ0n) is 19.1. The SMILES string of the molecule is CCc1nc2cc(Br)ccc2n1Cc1ccccc1OCc1ccc(CC(C)CC)cc1. The van der Waals surface area contributed by atoms with E-state index in [1.165, 1.54) is 17.5 Å². The molecule has 0 saturated carbocycles. The first-order valence-electron chi connectivity index (χ1n) is 11.5. The summed E-state index contributed by atoms with van der Waals surface area (Å²) < 4.78 is 9.63. The van der Waals surface area contributed by atoms with Crippen LogP contribution in [-0.4, -0.2) is 9.55 Å². The van der Waals surface area contributed by atoms with E-state index < -0.39 is 0 Å². The number of benzene rings is 3. The third-order valence-electron chi connectivity index (χ3n) is 6.11. The number of hydrogen-bond acceptors (Lipinski definition) is 2. The molecule has 3 nitrogen and oxygen atoms in total. The van der Waals surface area contributed by atoms with Crippen LogP contribution in [0, 0.1) is 5.92 Å². The Kier molecular flexibility index (Phi) is 7.31. The van der Waals surface area contributed by atoms with Crippen molar-refractivity contribution < 1.29 is 4.74 Å². The van der Waals surface area contributed by atoms with Crippen LogP contribution in [0.5, 0.6) is 5.75 Å². The molecule has 1 aromatic heterocycles. The van der Waals surface area contributed by atoms with Crippen molar-refractivity contribution in [3.8, 4) is 5.75 Å². The minimum Gasteiger partial charge on any atom is -0.489 e. The Bertz CT molecular complexity index is 1180. The van der Waals surface area contributed by atoms with Crippen molar-refractivity contribution in [2.75, 3.05) is 0 Å². The lowest BCUT2D eigenvalue weighted by atomic mass is 9.98. The average molecular weight is 491 g/mol. The van der Waals surface area contributed by atoms with Crippen molar-refractivity contribution in [1.29, 1.82) is 0 Å². The molecular formula is C28H31BrN2O. The Hall–Kier alpha value is -2.59. The Balaban J connectivity index is 1.51. The molecule has 0 bridgehead atoms. The highest BCUT2D eigenvalue weighted by atomic mass is 79.9. The van der Waals surface area contributed by atoms with Gasteiger partial charge in [0.05, 0.1) is 17.6 Å². The van der Waals surface area contributed by atoms with Crippen LogP contribution in [0.2, 0.25) is 0 Å². The number of nitrogens with zero attached hydrogens (tertiary/aromatic N) is 2. The van der Waals surface area contributed by atoms with Crippen molar-refractivity contribution in [2.45, 2.75) is 53.2 Å². The predicted molar refractivity (Wildman–Crippen MR) is 136 cm³/mol. The van der Waals surface area contributed by atoms with Gasteiger partial charge < -0.3 is 9.30 Å². The molecule has 1 unspecified atom stereocenters. The molecule has 0 spiro atoms. The molecule has 4 aromatic rings. The van der Waals surface area contributed by atoms with Gasteiger partial charge in [0.1, 0.15) is 18.2 Å². The van der Waals surface area contributed by atoms with Crippen LogP contribution in [0.3, 0.4) is 0 Å². The van der Waals surface area contributed by atoms with Gasteiger partial charge in [0, 0.05) is 16.5 Å². The number of imidazole rings is 1. The standard InChI is InChI=1S/C28H31BrN2O/c1-4-20(3)16-21-10-12-22(13-11-21)19-32-27-9-7-6-8-23(27)18-31-26-15-14-24(29)17-25(26)30-28(31)5-2/h6-15,17,20H,4-5,16,18-19H2,1-3H3. The third kappa shape index (κ3) is 5.24. The van der Waals surface area contributed by atoms with Gasteiger partial charge in [-0.3, -0.25) is 0 Å². The molecule has 0 aliphatic carbocycles. The second-order valence-corrected chi connectivity index (χ2v) is 9.45. The molecule has 0 saturated heterocycles. The van der Waals surface area contributed by atoms with E-state index in [0.29, 0.717) is 6.61 Å². The van der Waals surface area contributed by atoms with Crippen molar-refractivity contribution in [1.82, 2.24) is 9.55 Å². The first-order valence-corrected chi connectivity index (χ1v) is 12.3. The van der Waals surface area contributed by atoms with Crippen LogP contribution in [0.1, 0.15) is 49.7 Å². The van der Waals surface area contributed by atoms with Crippen molar-refractivity contribution >= 4 is 27.0 Å². The average Bonchev–Trinajstić information content (AvgIpc) is 3.15. The maximum atomic E-state index is 6.28. The minimum absolute atomic E-state index is 0.568. The molecular weight excluding hydrogens is 460 g/mol. The van der Waals surface area contributed by atoms with E-state index in [0.717, 1.165) is 57.9 Å². The molecule has 4 heteroatoms. The van der Waals surface area contributed by atoms with Gasteiger partial charge >= 0.3 is 0 Å². The van der Waals surface area contributed by atoms with E-state index in [2.05, 4.69) is 102 Å². The third-order valence-corrected chi connectivity index (χ3v) is 6.60. The molecule has 166 valence electrons. The van der Waals surface area contributed by atoms with Crippen molar-refractivity contribution in [2.24, 2.45) is 5.92 Å². The fraction of sp³-hybridized carbons (Fsp3) is 0.321. The van der Waals surface area contributed by atoms with Crippen LogP contribution in [-0.2, 0) is 26.0 Å². The number of ether oxygens (including phenoxy) is 1. The molecule has 0 radical (unpaired) electrons. The summed E-state index contributed by atoms with van der Waals surface area (Å²) in [5.41, 5.74) is 5.93. The van der Waals surface area contributed by atoms with Gasteiger partial charge in [-0.2, -0.15) is 0 Å². The number of hydrogen-bond donors (Lipinski definition) is 0. The van der Waals surface area contributed by atoms with E-state index >= 15 is 0 Å². The highest BCUT2D eigenvalue weighted by Crippen LogP contribution is 2.26. The topological polar surface area (TPSA) is 27.1 Å². The number of aryl methyl sites for hydroxylation is 1. The maximum absolute atomic E-state index is 6.28. The lowest BCUT2D eigenvalue weighted by Crippen LogP contribution is -2.07. The van der Waals surface area contributed by atoms with Crippen molar-refractivity contribution in [3.63, 3.8) is 0 Å². The van der Waals surface area contributed by atoms with Crippen molar-refractivity contribution in [3.05, 3.63) is 93.7 Å². The lowest BCUT2D eigenvalue weighted by molar-refractivity contribution is 0.302. The maximum Gasteiger partial charge on any atom is 0.124 e. The fourth-order valence-electron chi connectivity index (χ4n) is 4.02. The summed E-state index contributed by atoms with van der Waals surface area (Å²) in [6, 6.07) is 23.5. The van der Waals surface area contributed by atoms with E-state index in [1.807, 2.05) is 6.07 Å². The Morgan fingerprint density at radius 2 is 1.72 bits per heavy atom. The first-order chi connectivity index (χ1) is 15.6. The molecule has 0 N–H and O–H groups in total. The van der Waals surface area contributed by atoms with E-state index in [1.54, 1.807) is 0 Å². The number of rotatable bonds is 9. The molecule has 0 amide bonds. The second kappa shape index (κ2) is 10.4. The van der Waals surface area contributed by atoms with Gasteiger partial charge in [0.25, 0.3) is 0 Å². The zero-order chi connectivity index (χ0) is 22.5. The van der Waals surface area contributed by atoms with Crippen LogP contribution in [0.15, 0.2) is 71.2 Å². The van der Waals surface area contributed by atoms with Gasteiger partial charge in [-0.1, -0.05) is 85.6 Å². The van der Waals surface area contributed by atoms with Crippen LogP contribution < -0.4 is 4.74 Å². The van der Waals surface area contributed by atoms with Gasteiger partial charge in [0.15, 0.2) is 0 Å². The summed E-state index contributed by atoms with van der Waals surface area (Å²) in [6.45, 7) is 8.02. The van der Waals surface area contributed by atoms with Crippen LogP contribution in [0.4, 0.5) is 0 Å². The monoisotopic (exact) mass is 490 g/mol. The normalized spacial score (nSPS) is 12.2. The molecule has 0 aliphatic heterocycles. The highest BCUT2D eigenvalue weighted by molar-refractivity contribution is 9.10. The van der Waals surface area contributed by atoms with E-state index in [-0.39, 0.29) is 0 Å². The quantitative estimate of drug-likeness (QED) is 0.241. The first kappa shape index (κ1) is 22.6. The van der Waals surface area contributed by atoms with Gasteiger partial charge in [-0.05, 0) is 47.7 Å². The molecule has 32 heavy (non-hydrogen) atoms. The smallest absolute Gasteiger partial charge is 0.124 e. The van der Waals surface area contributed by atoms with Gasteiger partial charge in [-0.15, -0.1) is 0 Å². The molecule has 1 heterocycles. The molecule has 1 atom stereocenters. The Morgan fingerprint density at radius 3 is 2.47 bits per heavy atom. The van der Waals surface area contributed by atoms with Gasteiger partial charge in [0.2, 0.25) is 0 Å². The summed E-state index contributed by atoms with van der Waals surface area (Å²) in [4.78, 5) is 4.84.